The standard InChI is InChI=1S/C28H27F2N7O/c1-2-26(38)34-25-16-19(8-10-31-25)22-5-3-4-20-18-32-28(35-27(20)22)33-24-7-6-21(17-23(24)30)37-14-12-36(11-9-29)13-15-37/h2-8,10,16-18H,1,9,11-15H2,(H,31,34,38)(H,32,33,35). The summed E-state index contributed by atoms with van der Waals surface area (Å²) < 4.78 is 27.7. The van der Waals surface area contributed by atoms with Crippen LogP contribution in [0.2, 0.25) is 0 Å². The number of carbonyl (C=O) groups excluding carboxylic acids is 1. The second-order valence-electron chi connectivity index (χ2n) is 8.87. The summed E-state index contributed by atoms with van der Waals surface area (Å²) >= 11 is 0. The molecule has 0 unspecified atom stereocenters. The summed E-state index contributed by atoms with van der Waals surface area (Å²) in [6.07, 6.45) is 4.46. The third kappa shape index (κ3) is 5.60. The zero-order valence-electron chi connectivity index (χ0n) is 20.7. The minimum absolute atomic E-state index is 0.255. The SMILES string of the molecule is C=CC(=O)Nc1cc(-c2cccc3cnc(Nc4ccc(N5CCN(CCF)CC5)cc4F)nc23)ccn1. The van der Waals surface area contributed by atoms with Crippen molar-refractivity contribution in [1.29, 1.82) is 0 Å². The molecule has 1 saturated heterocycles. The van der Waals surface area contributed by atoms with Gasteiger partial charge in [0.25, 0.3) is 0 Å². The molecule has 1 amide bonds. The summed E-state index contributed by atoms with van der Waals surface area (Å²) in [5, 5.41) is 6.47. The van der Waals surface area contributed by atoms with Gasteiger partial charge in [-0.1, -0.05) is 24.8 Å². The first-order chi connectivity index (χ1) is 18.5. The van der Waals surface area contributed by atoms with Crippen molar-refractivity contribution in [2.45, 2.75) is 0 Å². The van der Waals surface area contributed by atoms with Crippen LogP contribution in [0.5, 0.6) is 0 Å². The Morgan fingerprint density at radius 2 is 1.92 bits per heavy atom. The topological polar surface area (TPSA) is 86.3 Å². The Kier molecular flexibility index (Phi) is 7.50. The van der Waals surface area contributed by atoms with Gasteiger partial charge >= 0.3 is 0 Å². The van der Waals surface area contributed by atoms with Gasteiger partial charge in [0.2, 0.25) is 11.9 Å². The maximum absolute atomic E-state index is 15.1. The van der Waals surface area contributed by atoms with E-state index in [2.05, 4.69) is 42.0 Å². The summed E-state index contributed by atoms with van der Waals surface area (Å²) in [5.41, 5.74) is 3.33. The molecule has 0 spiro atoms. The molecular weight excluding hydrogens is 488 g/mol. The molecule has 2 N–H and O–H groups in total. The van der Waals surface area contributed by atoms with E-state index in [4.69, 9.17) is 0 Å². The summed E-state index contributed by atoms with van der Waals surface area (Å²) in [6.45, 7) is 6.48. The van der Waals surface area contributed by atoms with Crippen molar-refractivity contribution in [1.82, 2.24) is 19.9 Å². The molecular formula is C28H27F2N7O. The number of hydrogen-bond acceptors (Lipinski definition) is 7. The smallest absolute Gasteiger partial charge is 0.248 e. The van der Waals surface area contributed by atoms with Crippen molar-refractivity contribution < 1.29 is 13.6 Å². The average molecular weight is 516 g/mol. The Bertz CT molecular complexity index is 1470. The minimum atomic E-state index is -0.414. The number of alkyl halides is 1. The van der Waals surface area contributed by atoms with E-state index in [9.17, 15) is 9.18 Å². The van der Waals surface area contributed by atoms with Crippen LogP contribution in [0.3, 0.4) is 0 Å². The molecule has 0 radical (unpaired) electrons. The van der Waals surface area contributed by atoms with Gasteiger partial charge in [-0.25, -0.2) is 23.7 Å². The predicted molar refractivity (Wildman–Crippen MR) is 146 cm³/mol. The van der Waals surface area contributed by atoms with Gasteiger partial charge in [0.1, 0.15) is 18.3 Å². The summed E-state index contributed by atoms with van der Waals surface area (Å²) in [4.78, 5) is 29.1. The number of aromatic nitrogens is 3. The highest BCUT2D eigenvalue weighted by molar-refractivity contribution is 5.99. The van der Waals surface area contributed by atoms with Crippen molar-refractivity contribution in [3.05, 3.63) is 79.4 Å². The fourth-order valence-electron chi connectivity index (χ4n) is 4.46. The van der Waals surface area contributed by atoms with Gasteiger partial charge in [-0.3, -0.25) is 9.69 Å². The lowest BCUT2D eigenvalue weighted by molar-refractivity contribution is -0.111. The summed E-state index contributed by atoms with van der Waals surface area (Å²) in [5.74, 6) is -0.121. The number of amides is 1. The number of carbonyl (C=O) groups is 1. The van der Waals surface area contributed by atoms with Gasteiger partial charge < -0.3 is 15.5 Å². The second kappa shape index (κ2) is 11.3. The van der Waals surface area contributed by atoms with Gasteiger partial charge in [0.05, 0.1) is 11.2 Å². The first-order valence-electron chi connectivity index (χ1n) is 12.3. The molecule has 1 aliphatic heterocycles. The zero-order valence-corrected chi connectivity index (χ0v) is 20.7. The van der Waals surface area contributed by atoms with Crippen LogP contribution < -0.4 is 15.5 Å². The van der Waals surface area contributed by atoms with Crippen LogP contribution in [-0.4, -0.2) is 65.2 Å². The van der Waals surface area contributed by atoms with Crippen molar-refractivity contribution in [2.75, 3.05) is 54.9 Å². The first-order valence-corrected chi connectivity index (χ1v) is 12.3. The number of halogens is 2. The molecule has 0 saturated carbocycles. The summed E-state index contributed by atoms with van der Waals surface area (Å²) in [6, 6.07) is 14.3. The van der Waals surface area contributed by atoms with E-state index >= 15 is 4.39 Å². The Labute approximate surface area is 219 Å². The summed E-state index contributed by atoms with van der Waals surface area (Å²) in [7, 11) is 0. The molecule has 2 aromatic carbocycles. The van der Waals surface area contributed by atoms with Crippen molar-refractivity contribution in [3.8, 4) is 11.1 Å². The van der Waals surface area contributed by atoms with Crippen molar-refractivity contribution in [3.63, 3.8) is 0 Å². The number of pyridine rings is 1. The first kappa shape index (κ1) is 25.2. The number of fused-ring (bicyclic) bond motifs is 1. The number of nitrogens with one attached hydrogen (secondary N) is 2. The number of rotatable bonds is 8. The number of piperazine rings is 1. The van der Waals surface area contributed by atoms with Crippen LogP contribution in [-0.2, 0) is 4.79 Å². The van der Waals surface area contributed by atoms with E-state index in [1.54, 1.807) is 24.5 Å². The molecule has 38 heavy (non-hydrogen) atoms. The lowest BCUT2D eigenvalue weighted by atomic mass is 10.0. The Morgan fingerprint density at radius 1 is 1.08 bits per heavy atom. The highest BCUT2D eigenvalue weighted by Gasteiger charge is 2.18. The highest BCUT2D eigenvalue weighted by atomic mass is 19.1. The largest absolute Gasteiger partial charge is 0.369 e. The zero-order chi connectivity index (χ0) is 26.5. The van der Waals surface area contributed by atoms with E-state index < -0.39 is 5.82 Å². The molecule has 1 aliphatic rings. The highest BCUT2D eigenvalue weighted by Crippen LogP contribution is 2.30. The number of nitrogens with zero attached hydrogens (tertiary/aromatic N) is 5. The van der Waals surface area contributed by atoms with E-state index in [0.717, 1.165) is 48.4 Å². The van der Waals surface area contributed by atoms with E-state index in [-0.39, 0.29) is 24.2 Å². The Hall–Kier alpha value is -4.44. The van der Waals surface area contributed by atoms with Gasteiger partial charge in [-0.05, 0) is 42.0 Å². The third-order valence-corrected chi connectivity index (χ3v) is 6.46. The number of anilines is 4. The quantitative estimate of drug-likeness (QED) is 0.326. The second-order valence-corrected chi connectivity index (χ2v) is 8.87. The van der Waals surface area contributed by atoms with Crippen LogP contribution in [0, 0.1) is 5.82 Å². The molecule has 0 aliphatic carbocycles. The molecule has 0 bridgehead atoms. The third-order valence-electron chi connectivity index (χ3n) is 6.46. The maximum Gasteiger partial charge on any atom is 0.248 e. The van der Waals surface area contributed by atoms with Crippen LogP contribution >= 0.6 is 0 Å². The van der Waals surface area contributed by atoms with Crippen LogP contribution in [0.15, 0.2) is 73.6 Å². The number of para-hydroxylation sites is 1. The molecule has 2 aromatic heterocycles. The molecule has 10 heteroatoms. The van der Waals surface area contributed by atoms with Crippen molar-refractivity contribution >= 4 is 40.0 Å². The molecule has 194 valence electrons. The van der Waals surface area contributed by atoms with E-state index in [0.29, 0.717) is 17.9 Å². The predicted octanol–water partition coefficient (Wildman–Crippen LogP) is 4.79. The van der Waals surface area contributed by atoms with Gasteiger partial charge in [0.15, 0.2) is 0 Å². The molecule has 3 heterocycles. The molecule has 4 aromatic rings. The van der Waals surface area contributed by atoms with Crippen LogP contribution in [0.25, 0.3) is 22.0 Å². The monoisotopic (exact) mass is 515 g/mol. The molecule has 8 nitrogen and oxygen atoms in total. The number of hydrogen-bond donors (Lipinski definition) is 2. The van der Waals surface area contributed by atoms with E-state index in [1.807, 2.05) is 30.3 Å². The normalized spacial score (nSPS) is 13.9. The molecule has 0 atom stereocenters. The Balaban J connectivity index is 1.37. The lowest BCUT2D eigenvalue weighted by Crippen LogP contribution is -2.47. The lowest BCUT2D eigenvalue weighted by Gasteiger charge is -2.35. The fourth-order valence-corrected chi connectivity index (χ4v) is 4.46. The molecule has 5 rings (SSSR count). The minimum Gasteiger partial charge on any atom is -0.369 e. The van der Waals surface area contributed by atoms with E-state index in [1.165, 1.54) is 12.1 Å². The fraction of sp³-hybridized carbons (Fsp3) is 0.214. The maximum atomic E-state index is 15.1. The van der Waals surface area contributed by atoms with Crippen molar-refractivity contribution in [2.24, 2.45) is 0 Å². The van der Waals surface area contributed by atoms with Gasteiger partial charge in [0, 0.05) is 61.8 Å². The van der Waals surface area contributed by atoms with Crippen LogP contribution in [0.1, 0.15) is 0 Å². The molecule has 1 fully saturated rings. The Morgan fingerprint density at radius 3 is 2.68 bits per heavy atom. The van der Waals surface area contributed by atoms with Gasteiger partial charge in [-0.15, -0.1) is 0 Å². The van der Waals surface area contributed by atoms with Gasteiger partial charge in [-0.2, -0.15) is 0 Å². The number of benzene rings is 2. The average Bonchev–Trinajstić information content (AvgIpc) is 2.94. The van der Waals surface area contributed by atoms with Crippen LogP contribution in [0.4, 0.5) is 31.9 Å².